The van der Waals surface area contributed by atoms with Gasteiger partial charge in [0, 0.05) is 6.04 Å². The van der Waals surface area contributed by atoms with Gasteiger partial charge in [-0.25, -0.2) is 0 Å². The van der Waals surface area contributed by atoms with Crippen LogP contribution in [0, 0.1) is 0 Å². The average Bonchev–Trinajstić information content (AvgIpc) is 2.67. The zero-order valence-electron chi connectivity index (χ0n) is 10.8. The van der Waals surface area contributed by atoms with Crippen molar-refractivity contribution in [3.8, 4) is 0 Å². The highest BCUT2D eigenvalue weighted by Crippen LogP contribution is 2.37. The SMILES string of the molecule is C=CCCCCCC(NCC)c1cc(Br)sc1Br. The Hall–Kier alpha value is 0.360. The van der Waals surface area contributed by atoms with Gasteiger partial charge in [0.05, 0.1) is 7.57 Å². The molecule has 0 saturated carbocycles. The fourth-order valence-corrected chi connectivity index (χ4v) is 4.99. The van der Waals surface area contributed by atoms with Gasteiger partial charge < -0.3 is 5.32 Å². The maximum Gasteiger partial charge on any atom is 0.0758 e. The predicted octanol–water partition coefficient (Wildman–Crippen LogP) is 6.06. The van der Waals surface area contributed by atoms with Crippen LogP contribution in [0.25, 0.3) is 0 Å². The Bertz CT molecular complexity index is 363. The second-order valence-electron chi connectivity index (χ2n) is 4.32. The Labute approximate surface area is 131 Å². The maximum absolute atomic E-state index is 3.76. The van der Waals surface area contributed by atoms with Crippen LogP contribution in [-0.4, -0.2) is 6.54 Å². The number of halogens is 2. The van der Waals surface area contributed by atoms with Crippen molar-refractivity contribution in [2.75, 3.05) is 6.54 Å². The Kier molecular flexibility index (Phi) is 8.47. The van der Waals surface area contributed by atoms with Gasteiger partial charge in [0.15, 0.2) is 0 Å². The number of allylic oxidation sites excluding steroid dienone is 1. The van der Waals surface area contributed by atoms with Crippen molar-refractivity contribution in [2.45, 2.75) is 45.1 Å². The molecule has 1 rings (SSSR count). The summed E-state index contributed by atoms with van der Waals surface area (Å²) in [5, 5.41) is 3.58. The van der Waals surface area contributed by atoms with Crippen molar-refractivity contribution < 1.29 is 0 Å². The first-order chi connectivity index (χ1) is 8.69. The Balaban J connectivity index is 2.49. The number of hydrogen-bond acceptors (Lipinski definition) is 2. The zero-order chi connectivity index (χ0) is 13.4. The summed E-state index contributed by atoms with van der Waals surface area (Å²) in [6.45, 7) is 6.94. The lowest BCUT2D eigenvalue weighted by Crippen LogP contribution is -2.20. The molecule has 0 aliphatic carbocycles. The summed E-state index contributed by atoms with van der Waals surface area (Å²) in [4.78, 5) is 0. The lowest BCUT2D eigenvalue weighted by Gasteiger charge is -2.17. The molecule has 4 heteroatoms. The minimum absolute atomic E-state index is 0.468. The van der Waals surface area contributed by atoms with Crippen molar-refractivity contribution in [3.63, 3.8) is 0 Å². The summed E-state index contributed by atoms with van der Waals surface area (Å²) in [6, 6.07) is 2.70. The van der Waals surface area contributed by atoms with E-state index in [0.29, 0.717) is 6.04 Å². The van der Waals surface area contributed by atoms with E-state index in [9.17, 15) is 0 Å². The van der Waals surface area contributed by atoms with Crippen molar-refractivity contribution >= 4 is 43.2 Å². The molecule has 0 bridgehead atoms. The van der Waals surface area contributed by atoms with Crippen LogP contribution in [0.5, 0.6) is 0 Å². The van der Waals surface area contributed by atoms with E-state index in [2.05, 4.69) is 56.7 Å². The van der Waals surface area contributed by atoms with Crippen LogP contribution in [-0.2, 0) is 0 Å². The lowest BCUT2D eigenvalue weighted by atomic mass is 10.0. The van der Waals surface area contributed by atoms with Gasteiger partial charge in [-0.3, -0.25) is 0 Å². The normalized spacial score (nSPS) is 12.6. The quantitative estimate of drug-likeness (QED) is 0.396. The summed E-state index contributed by atoms with van der Waals surface area (Å²) >= 11 is 8.96. The molecule has 1 aromatic rings. The van der Waals surface area contributed by atoms with Crippen molar-refractivity contribution in [1.82, 2.24) is 5.32 Å². The molecule has 1 atom stereocenters. The molecule has 1 heterocycles. The molecule has 0 fully saturated rings. The maximum atomic E-state index is 3.76. The van der Waals surface area contributed by atoms with Gasteiger partial charge in [0.25, 0.3) is 0 Å². The molecule has 0 saturated heterocycles. The Morgan fingerprint density at radius 1 is 1.39 bits per heavy atom. The minimum atomic E-state index is 0.468. The molecule has 1 aromatic heterocycles. The molecule has 0 aliphatic heterocycles. The predicted molar refractivity (Wildman–Crippen MR) is 89.4 cm³/mol. The first-order valence-electron chi connectivity index (χ1n) is 6.48. The molecule has 1 nitrogen and oxygen atoms in total. The Morgan fingerprint density at radius 2 is 2.17 bits per heavy atom. The first-order valence-corrected chi connectivity index (χ1v) is 8.88. The van der Waals surface area contributed by atoms with E-state index in [1.54, 1.807) is 11.3 Å². The van der Waals surface area contributed by atoms with Crippen LogP contribution in [0.2, 0.25) is 0 Å². The van der Waals surface area contributed by atoms with E-state index < -0.39 is 0 Å². The molecular formula is C14H21Br2NS. The van der Waals surface area contributed by atoms with Crippen LogP contribution in [0.4, 0.5) is 0 Å². The lowest BCUT2D eigenvalue weighted by molar-refractivity contribution is 0.483. The molecule has 0 amide bonds. The van der Waals surface area contributed by atoms with E-state index in [1.165, 1.54) is 38.8 Å². The molecule has 0 aromatic carbocycles. The fraction of sp³-hybridized carbons (Fsp3) is 0.571. The third-order valence-electron chi connectivity index (χ3n) is 2.91. The van der Waals surface area contributed by atoms with E-state index in [-0.39, 0.29) is 0 Å². The Morgan fingerprint density at radius 3 is 2.72 bits per heavy atom. The van der Waals surface area contributed by atoms with Gasteiger partial charge in [-0.05, 0) is 69.3 Å². The van der Waals surface area contributed by atoms with Crippen LogP contribution in [0.1, 0.15) is 50.6 Å². The summed E-state index contributed by atoms with van der Waals surface area (Å²) in [5.41, 5.74) is 1.39. The number of thiophene rings is 1. The molecule has 0 spiro atoms. The summed E-state index contributed by atoms with van der Waals surface area (Å²) < 4.78 is 2.44. The molecule has 102 valence electrons. The molecular weight excluding hydrogens is 374 g/mol. The topological polar surface area (TPSA) is 12.0 Å². The number of nitrogens with one attached hydrogen (secondary N) is 1. The van der Waals surface area contributed by atoms with E-state index in [4.69, 9.17) is 0 Å². The highest BCUT2D eigenvalue weighted by atomic mass is 79.9. The number of hydrogen-bond donors (Lipinski definition) is 1. The molecule has 1 unspecified atom stereocenters. The van der Waals surface area contributed by atoms with Crippen molar-refractivity contribution in [3.05, 3.63) is 31.9 Å². The summed E-state index contributed by atoms with van der Waals surface area (Å²) in [7, 11) is 0. The smallest absolute Gasteiger partial charge is 0.0758 e. The second-order valence-corrected chi connectivity index (χ2v) is 8.07. The first kappa shape index (κ1) is 16.4. The standard InChI is InChI=1S/C14H21Br2NS/c1-3-5-6-7-8-9-12(17-4-2)11-10-13(15)18-14(11)16/h3,10,12,17H,1,4-9H2,2H3. The zero-order valence-corrected chi connectivity index (χ0v) is 14.8. The third kappa shape index (κ3) is 5.55. The number of unbranched alkanes of at least 4 members (excludes halogenated alkanes) is 3. The second kappa shape index (κ2) is 9.29. The largest absolute Gasteiger partial charge is 0.310 e. The van der Waals surface area contributed by atoms with E-state index in [1.807, 2.05) is 6.08 Å². The van der Waals surface area contributed by atoms with Crippen LogP contribution < -0.4 is 5.32 Å². The molecule has 18 heavy (non-hydrogen) atoms. The van der Waals surface area contributed by atoms with Crippen molar-refractivity contribution in [1.29, 1.82) is 0 Å². The highest BCUT2D eigenvalue weighted by molar-refractivity contribution is 9.12. The van der Waals surface area contributed by atoms with Gasteiger partial charge in [0.1, 0.15) is 0 Å². The van der Waals surface area contributed by atoms with Crippen LogP contribution >= 0.6 is 43.2 Å². The minimum Gasteiger partial charge on any atom is -0.310 e. The van der Waals surface area contributed by atoms with Gasteiger partial charge in [-0.1, -0.05) is 25.8 Å². The van der Waals surface area contributed by atoms with Gasteiger partial charge in [-0.2, -0.15) is 0 Å². The van der Waals surface area contributed by atoms with Gasteiger partial charge >= 0.3 is 0 Å². The third-order valence-corrected chi connectivity index (χ3v) is 5.30. The fourth-order valence-electron chi connectivity index (χ4n) is 2.02. The van der Waals surface area contributed by atoms with Gasteiger partial charge in [-0.15, -0.1) is 17.9 Å². The van der Waals surface area contributed by atoms with Gasteiger partial charge in [0.2, 0.25) is 0 Å². The summed E-state index contributed by atoms with van der Waals surface area (Å²) in [6.07, 6.45) is 8.17. The average molecular weight is 395 g/mol. The van der Waals surface area contributed by atoms with Crippen LogP contribution in [0.3, 0.4) is 0 Å². The molecule has 1 N–H and O–H groups in total. The monoisotopic (exact) mass is 393 g/mol. The molecule has 0 radical (unpaired) electrons. The van der Waals surface area contributed by atoms with E-state index in [0.717, 1.165) is 13.0 Å². The number of rotatable bonds is 9. The molecule has 0 aliphatic rings. The highest BCUT2D eigenvalue weighted by Gasteiger charge is 2.15. The van der Waals surface area contributed by atoms with Crippen LogP contribution in [0.15, 0.2) is 26.3 Å². The van der Waals surface area contributed by atoms with Crippen molar-refractivity contribution in [2.24, 2.45) is 0 Å². The summed E-state index contributed by atoms with van der Waals surface area (Å²) in [5.74, 6) is 0. The van der Waals surface area contributed by atoms with E-state index >= 15 is 0 Å².